The van der Waals surface area contributed by atoms with Gasteiger partial charge in [-0.15, -0.1) is 0 Å². The van der Waals surface area contributed by atoms with Gasteiger partial charge in [-0.3, -0.25) is 0 Å². The van der Waals surface area contributed by atoms with E-state index in [9.17, 15) is 18.3 Å². The molecule has 5 rings (SSSR count). The van der Waals surface area contributed by atoms with Gasteiger partial charge < -0.3 is 19.6 Å². The molecule has 7 nitrogen and oxygen atoms in total. The Morgan fingerprint density at radius 3 is 2.71 bits per heavy atom. The first kappa shape index (κ1) is 20.2. The average Bonchev–Trinajstić information content (AvgIpc) is 2.97. The predicted octanol–water partition coefficient (Wildman–Crippen LogP) is 3.25. The van der Waals surface area contributed by atoms with Crippen LogP contribution in [0, 0.1) is 6.92 Å². The number of carbonyl (C=O) groups is 1. The second-order valence-corrected chi connectivity index (χ2v) is 10.9. The monoisotopic (exact) mass is 442 g/mol. The lowest BCUT2D eigenvalue weighted by atomic mass is 9.86. The number of aryl methyl sites for hydroxylation is 1. The molecule has 0 aromatic heterocycles. The molecule has 8 heteroatoms. The molecular weight excluding hydrogens is 416 g/mol. The number of ether oxygens (including phenoxy) is 1. The summed E-state index contributed by atoms with van der Waals surface area (Å²) in [6.45, 7) is 3.41. The first-order chi connectivity index (χ1) is 14.8. The van der Waals surface area contributed by atoms with Crippen molar-refractivity contribution in [1.82, 2.24) is 4.90 Å². The zero-order chi connectivity index (χ0) is 21.9. The van der Waals surface area contributed by atoms with Gasteiger partial charge in [-0.2, -0.15) is 0 Å². The van der Waals surface area contributed by atoms with E-state index < -0.39 is 15.9 Å². The van der Waals surface area contributed by atoms with Gasteiger partial charge in [0.25, 0.3) is 0 Å². The van der Waals surface area contributed by atoms with Crippen molar-refractivity contribution in [3.8, 4) is 16.9 Å². The van der Waals surface area contributed by atoms with Crippen LogP contribution in [0.5, 0.6) is 5.75 Å². The van der Waals surface area contributed by atoms with Crippen molar-refractivity contribution in [3.05, 3.63) is 47.0 Å². The molecule has 2 aromatic rings. The molecule has 31 heavy (non-hydrogen) atoms. The Kier molecular flexibility index (Phi) is 4.66. The summed E-state index contributed by atoms with van der Waals surface area (Å²) in [6.07, 6.45) is -0.183. The minimum absolute atomic E-state index is 0.0248. The van der Waals surface area contributed by atoms with E-state index in [2.05, 4.69) is 11.0 Å². The quantitative estimate of drug-likeness (QED) is 0.768. The van der Waals surface area contributed by atoms with Gasteiger partial charge in [0.05, 0.1) is 18.6 Å². The van der Waals surface area contributed by atoms with Gasteiger partial charge in [0, 0.05) is 37.3 Å². The number of sulfone groups is 1. The number of nitrogens with zero attached hydrogens (tertiary/aromatic N) is 2. The lowest BCUT2D eigenvalue weighted by Gasteiger charge is -2.37. The van der Waals surface area contributed by atoms with Gasteiger partial charge in [-0.1, -0.05) is 6.07 Å². The molecule has 0 saturated carbocycles. The van der Waals surface area contributed by atoms with Crippen LogP contribution in [-0.2, 0) is 15.6 Å². The molecule has 0 radical (unpaired) electrons. The number of hydrogen-bond donors (Lipinski definition) is 1. The zero-order valence-corrected chi connectivity index (χ0v) is 18.5. The van der Waals surface area contributed by atoms with Crippen molar-refractivity contribution in [3.63, 3.8) is 0 Å². The molecule has 1 fully saturated rings. The lowest BCUT2D eigenvalue weighted by molar-refractivity contribution is 0.127. The topological polar surface area (TPSA) is 87.2 Å². The van der Waals surface area contributed by atoms with Crippen LogP contribution in [0.25, 0.3) is 11.1 Å². The van der Waals surface area contributed by atoms with Crippen molar-refractivity contribution < 1.29 is 23.1 Å². The maximum absolute atomic E-state index is 12.7. The molecule has 0 aliphatic carbocycles. The molecule has 164 valence electrons. The Hall–Kier alpha value is -2.74. The molecule has 1 saturated heterocycles. The first-order valence-corrected chi connectivity index (χ1v) is 12.4. The van der Waals surface area contributed by atoms with Crippen LogP contribution in [0.2, 0.25) is 0 Å². The maximum atomic E-state index is 12.7. The number of fused-ring (bicyclic) bond motifs is 3. The highest BCUT2D eigenvalue weighted by molar-refractivity contribution is 7.90. The van der Waals surface area contributed by atoms with Crippen LogP contribution in [0.1, 0.15) is 29.0 Å². The van der Waals surface area contributed by atoms with E-state index in [-0.39, 0.29) is 23.5 Å². The van der Waals surface area contributed by atoms with Gasteiger partial charge in [0.15, 0.2) is 9.84 Å². The third-order valence-corrected chi connectivity index (χ3v) is 8.47. The first-order valence-electron chi connectivity index (χ1n) is 10.5. The van der Waals surface area contributed by atoms with Crippen LogP contribution in [0.3, 0.4) is 0 Å². The molecule has 0 bridgehead atoms. The van der Waals surface area contributed by atoms with Gasteiger partial charge in [0.1, 0.15) is 5.75 Å². The van der Waals surface area contributed by atoms with Crippen LogP contribution >= 0.6 is 0 Å². The van der Waals surface area contributed by atoms with Crippen LogP contribution < -0.4 is 9.64 Å². The Balaban J connectivity index is 1.68. The summed E-state index contributed by atoms with van der Waals surface area (Å²) >= 11 is 0. The average molecular weight is 443 g/mol. The maximum Gasteiger partial charge on any atom is 0.407 e. The molecule has 3 heterocycles. The fourth-order valence-electron chi connectivity index (χ4n) is 5.49. The summed E-state index contributed by atoms with van der Waals surface area (Å²) in [5.74, 6) is 0.984. The third kappa shape index (κ3) is 3.33. The number of carboxylic acid groups (broad SMARTS) is 1. The van der Waals surface area contributed by atoms with Gasteiger partial charge in [0.2, 0.25) is 0 Å². The molecule has 2 atom stereocenters. The van der Waals surface area contributed by atoms with Gasteiger partial charge in [-0.25, -0.2) is 13.2 Å². The largest absolute Gasteiger partial charge is 0.497 e. The van der Waals surface area contributed by atoms with E-state index in [0.29, 0.717) is 26.1 Å². The minimum Gasteiger partial charge on any atom is -0.497 e. The highest BCUT2D eigenvalue weighted by Crippen LogP contribution is 2.49. The van der Waals surface area contributed by atoms with Crippen LogP contribution in [0.15, 0.2) is 30.3 Å². The second-order valence-electron chi connectivity index (χ2n) is 8.73. The number of rotatable bonds is 2. The number of piperidine rings is 1. The SMILES string of the molecule is COc1ccc(-c2cc3c4c(c2)[C@@H]2CN(C(=O)O)CC[C@@H]2N4CCS(=O)(=O)C3)c(C)c1. The van der Waals surface area contributed by atoms with Crippen molar-refractivity contribution in [2.45, 2.75) is 31.1 Å². The Labute approximate surface area is 182 Å². The summed E-state index contributed by atoms with van der Waals surface area (Å²) in [5, 5.41) is 9.55. The molecule has 3 aliphatic rings. The standard InChI is InChI=1S/C23H26N2O5S/c1-14-9-17(30-2)3-4-18(14)15-10-16-13-31(28,29)8-7-25-21-5-6-24(23(26)27)12-20(21)19(11-15)22(16)25/h3-4,9-11,20-21H,5-8,12-13H2,1-2H3,(H,26,27)/t20-,21-/m0/s1. The van der Waals surface area contributed by atoms with Crippen molar-refractivity contribution >= 4 is 21.6 Å². The summed E-state index contributed by atoms with van der Waals surface area (Å²) in [6, 6.07) is 10.2. The van der Waals surface area contributed by atoms with Gasteiger partial charge >= 0.3 is 6.09 Å². The number of likely N-dealkylation sites (tertiary alicyclic amines) is 1. The second kappa shape index (κ2) is 7.15. The highest BCUT2D eigenvalue weighted by atomic mass is 32.2. The van der Waals surface area contributed by atoms with E-state index in [0.717, 1.165) is 39.3 Å². The number of methoxy groups -OCH3 is 1. The smallest absolute Gasteiger partial charge is 0.407 e. The van der Waals surface area contributed by atoms with E-state index >= 15 is 0 Å². The molecule has 2 aromatic carbocycles. The molecule has 0 spiro atoms. The van der Waals surface area contributed by atoms with Crippen molar-refractivity contribution in [1.29, 1.82) is 0 Å². The Morgan fingerprint density at radius 2 is 2.00 bits per heavy atom. The Morgan fingerprint density at radius 1 is 1.19 bits per heavy atom. The molecule has 0 unspecified atom stereocenters. The van der Waals surface area contributed by atoms with Gasteiger partial charge in [-0.05, 0) is 65.4 Å². The van der Waals surface area contributed by atoms with Crippen molar-refractivity contribution in [2.75, 3.05) is 37.4 Å². The van der Waals surface area contributed by atoms with Crippen LogP contribution in [0.4, 0.5) is 10.5 Å². The zero-order valence-electron chi connectivity index (χ0n) is 17.7. The molecular formula is C23H26N2O5S. The summed E-state index contributed by atoms with van der Waals surface area (Å²) < 4.78 is 30.7. The molecule has 3 aliphatic heterocycles. The molecule has 1 N–H and O–H groups in total. The number of benzene rings is 2. The normalized spacial score (nSPS) is 23.7. The Bertz CT molecular complexity index is 1180. The van der Waals surface area contributed by atoms with Crippen molar-refractivity contribution in [2.24, 2.45) is 0 Å². The predicted molar refractivity (Wildman–Crippen MR) is 119 cm³/mol. The number of amides is 1. The number of anilines is 1. The fourth-order valence-corrected chi connectivity index (χ4v) is 6.80. The van der Waals surface area contributed by atoms with E-state index in [4.69, 9.17) is 4.74 Å². The fraction of sp³-hybridized carbons (Fsp3) is 0.435. The molecule has 1 amide bonds. The number of hydrogen-bond acceptors (Lipinski definition) is 5. The third-order valence-electron chi connectivity index (χ3n) is 6.92. The highest BCUT2D eigenvalue weighted by Gasteiger charge is 2.45. The van der Waals surface area contributed by atoms with E-state index in [1.54, 1.807) is 7.11 Å². The minimum atomic E-state index is -3.20. The van der Waals surface area contributed by atoms with Crippen LogP contribution in [-0.4, -0.2) is 63.1 Å². The summed E-state index contributed by atoms with van der Waals surface area (Å²) in [7, 11) is -1.56. The van der Waals surface area contributed by atoms with E-state index in [1.165, 1.54) is 4.90 Å². The van der Waals surface area contributed by atoms with E-state index in [1.807, 2.05) is 31.2 Å². The summed E-state index contributed by atoms with van der Waals surface area (Å²) in [4.78, 5) is 15.4. The summed E-state index contributed by atoms with van der Waals surface area (Å²) in [5.41, 5.74) is 5.97. The lowest BCUT2D eigenvalue weighted by Crippen LogP contribution is -2.48.